The number of ether oxygens (including phenoxy) is 1. The van der Waals surface area contributed by atoms with Crippen molar-refractivity contribution in [2.45, 2.75) is 32.4 Å². The van der Waals surface area contributed by atoms with E-state index in [9.17, 15) is 4.79 Å². The number of halogens is 1. The number of aldehydes is 1. The van der Waals surface area contributed by atoms with Crippen molar-refractivity contribution in [3.8, 4) is 0 Å². The van der Waals surface area contributed by atoms with Gasteiger partial charge in [-0.25, -0.2) is 0 Å². The van der Waals surface area contributed by atoms with E-state index in [-0.39, 0.29) is 6.10 Å². The van der Waals surface area contributed by atoms with E-state index in [4.69, 9.17) is 4.74 Å². The van der Waals surface area contributed by atoms with E-state index in [1.807, 2.05) is 17.6 Å². The van der Waals surface area contributed by atoms with Gasteiger partial charge in [-0.15, -0.1) is 0 Å². The molecular weight excluding hydrogens is 258 g/mol. The quantitative estimate of drug-likeness (QED) is 0.792. The minimum Gasteiger partial charge on any atom is -0.376 e. The lowest BCUT2D eigenvalue weighted by Gasteiger charge is -2.13. The molecule has 0 amide bonds. The van der Waals surface area contributed by atoms with Crippen LogP contribution in [0.15, 0.2) is 10.5 Å². The fraction of sp³-hybridized carbons (Fsp3) is 0.545. The summed E-state index contributed by atoms with van der Waals surface area (Å²) in [5.41, 5.74) is 1.81. The monoisotopic (exact) mass is 271 g/mol. The normalized spacial score (nSPS) is 20.8. The van der Waals surface area contributed by atoms with Crippen LogP contribution < -0.4 is 0 Å². The zero-order valence-corrected chi connectivity index (χ0v) is 10.3. The molecular formula is C11H14BrNO2. The molecule has 0 aromatic carbocycles. The molecule has 2 rings (SSSR count). The molecule has 0 bridgehead atoms. The topological polar surface area (TPSA) is 31.2 Å². The second-order valence-electron chi connectivity index (χ2n) is 3.87. The zero-order valence-electron chi connectivity index (χ0n) is 8.70. The van der Waals surface area contributed by atoms with E-state index in [0.717, 1.165) is 48.1 Å². The van der Waals surface area contributed by atoms with Crippen molar-refractivity contribution in [1.29, 1.82) is 0 Å². The number of carbonyl (C=O) groups excluding carboxylic acids is 1. The summed E-state index contributed by atoms with van der Waals surface area (Å²) in [5.74, 6) is 0. The highest BCUT2D eigenvalue weighted by Gasteiger charge is 2.19. The van der Waals surface area contributed by atoms with Crippen LogP contribution in [0.3, 0.4) is 0 Å². The van der Waals surface area contributed by atoms with Crippen molar-refractivity contribution in [1.82, 2.24) is 4.57 Å². The Morgan fingerprint density at radius 3 is 3.13 bits per heavy atom. The molecule has 1 aromatic heterocycles. The maximum Gasteiger partial charge on any atom is 0.166 e. The second kappa shape index (κ2) is 4.49. The third-order valence-electron chi connectivity index (χ3n) is 2.87. The average molecular weight is 272 g/mol. The van der Waals surface area contributed by atoms with Gasteiger partial charge in [-0.3, -0.25) is 4.79 Å². The Kier molecular flexibility index (Phi) is 3.26. The highest BCUT2D eigenvalue weighted by Crippen LogP contribution is 2.23. The minimum absolute atomic E-state index is 0.265. The van der Waals surface area contributed by atoms with Gasteiger partial charge in [0, 0.05) is 23.3 Å². The van der Waals surface area contributed by atoms with Gasteiger partial charge in [0.25, 0.3) is 0 Å². The first-order chi connectivity index (χ1) is 7.22. The summed E-state index contributed by atoms with van der Waals surface area (Å²) >= 11 is 3.44. The highest BCUT2D eigenvalue weighted by molar-refractivity contribution is 9.10. The van der Waals surface area contributed by atoms with Crippen molar-refractivity contribution < 1.29 is 9.53 Å². The Balaban J connectivity index is 2.21. The minimum atomic E-state index is 0.265. The van der Waals surface area contributed by atoms with Gasteiger partial charge in [0.15, 0.2) is 6.29 Å². The standard InChI is InChI=1S/C11H14BrNO2/c1-8-11(12)5-9(7-14)13(8)6-10-3-2-4-15-10/h5,7,10H,2-4,6H2,1H3/t10-/m1/s1. The molecule has 3 nitrogen and oxygen atoms in total. The molecule has 82 valence electrons. The van der Waals surface area contributed by atoms with Crippen molar-refractivity contribution >= 4 is 22.2 Å². The van der Waals surface area contributed by atoms with Crippen molar-refractivity contribution in [3.63, 3.8) is 0 Å². The van der Waals surface area contributed by atoms with E-state index in [2.05, 4.69) is 15.9 Å². The van der Waals surface area contributed by atoms with E-state index >= 15 is 0 Å². The van der Waals surface area contributed by atoms with E-state index in [1.54, 1.807) is 0 Å². The Morgan fingerprint density at radius 2 is 2.53 bits per heavy atom. The van der Waals surface area contributed by atoms with Crippen LogP contribution in [0, 0.1) is 6.92 Å². The number of aromatic nitrogens is 1. The highest BCUT2D eigenvalue weighted by atomic mass is 79.9. The molecule has 0 aliphatic carbocycles. The summed E-state index contributed by atoms with van der Waals surface area (Å²) < 4.78 is 8.58. The van der Waals surface area contributed by atoms with Crippen LogP contribution in [-0.2, 0) is 11.3 Å². The molecule has 0 N–H and O–H groups in total. The zero-order chi connectivity index (χ0) is 10.8. The average Bonchev–Trinajstić information content (AvgIpc) is 2.82. The predicted molar refractivity (Wildman–Crippen MR) is 61.2 cm³/mol. The summed E-state index contributed by atoms with van der Waals surface area (Å²) in [4.78, 5) is 10.9. The maximum absolute atomic E-state index is 10.9. The van der Waals surface area contributed by atoms with E-state index in [0.29, 0.717) is 0 Å². The number of carbonyl (C=O) groups is 1. The summed E-state index contributed by atoms with van der Waals surface area (Å²) in [6, 6.07) is 1.86. The molecule has 0 radical (unpaired) electrons. The van der Waals surface area contributed by atoms with Gasteiger partial charge in [-0.1, -0.05) is 0 Å². The third kappa shape index (κ3) is 2.16. The van der Waals surface area contributed by atoms with Gasteiger partial charge >= 0.3 is 0 Å². The molecule has 1 aliphatic heterocycles. The number of nitrogens with zero attached hydrogens (tertiary/aromatic N) is 1. The van der Waals surface area contributed by atoms with Crippen LogP contribution in [0.1, 0.15) is 29.0 Å². The third-order valence-corrected chi connectivity index (χ3v) is 3.67. The first-order valence-electron chi connectivity index (χ1n) is 5.15. The summed E-state index contributed by atoms with van der Waals surface area (Å²) in [6.07, 6.45) is 3.38. The van der Waals surface area contributed by atoms with Crippen LogP contribution >= 0.6 is 15.9 Å². The summed E-state index contributed by atoms with van der Waals surface area (Å²) in [6.45, 7) is 3.64. The van der Waals surface area contributed by atoms with Crippen molar-refractivity contribution in [2.75, 3.05) is 6.61 Å². The lowest BCUT2D eigenvalue weighted by Crippen LogP contribution is -2.17. The molecule has 15 heavy (non-hydrogen) atoms. The molecule has 2 heterocycles. The molecule has 1 aliphatic rings. The lowest BCUT2D eigenvalue weighted by atomic mass is 10.2. The van der Waals surface area contributed by atoms with Crippen LogP contribution in [0.4, 0.5) is 0 Å². The molecule has 1 atom stereocenters. The van der Waals surface area contributed by atoms with Gasteiger partial charge in [0.2, 0.25) is 0 Å². The van der Waals surface area contributed by atoms with Crippen molar-refractivity contribution in [2.24, 2.45) is 0 Å². The predicted octanol–water partition coefficient (Wildman–Crippen LogP) is 2.55. The Hall–Kier alpha value is -0.610. The molecule has 4 heteroatoms. The Bertz CT molecular complexity index is 367. The second-order valence-corrected chi connectivity index (χ2v) is 4.72. The number of hydrogen-bond acceptors (Lipinski definition) is 2. The van der Waals surface area contributed by atoms with Gasteiger partial charge < -0.3 is 9.30 Å². The Morgan fingerprint density at radius 1 is 1.73 bits per heavy atom. The van der Waals surface area contributed by atoms with Gasteiger partial charge in [0.1, 0.15) is 0 Å². The van der Waals surface area contributed by atoms with Crippen molar-refractivity contribution in [3.05, 3.63) is 21.9 Å². The lowest BCUT2D eigenvalue weighted by molar-refractivity contribution is 0.0948. The maximum atomic E-state index is 10.9. The van der Waals surface area contributed by atoms with Crippen LogP contribution in [0.25, 0.3) is 0 Å². The summed E-state index contributed by atoms with van der Waals surface area (Å²) in [5, 5.41) is 0. The van der Waals surface area contributed by atoms with Gasteiger partial charge in [-0.2, -0.15) is 0 Å². The van der Waals surface area contributed by atoms with Crippen LogP contribution in [0.2, 0.25) is 0 Å². The van der Waals surface area contributed by atoms with Gasteiger partial charge in [0.05, 0.1) is 11.8 Å². The smallest absolute Gasteiger partial charge is 0.166 e. The Labute approximate surface area is 97.5 Å². The SMILES string of the molecule is Cc1c(Br)cc(C=O)n1C[C@H]1CCCO1. The number of hydrogen-bond donors (Lipinski definition) is 0. The molecule has 0 unspecified atom stereocenters. The van der Waals surface area contributed by atoms with Crippen LogP contribution in [-0.4, -0.2) is 23.6 Å². The first-order valence-corrected chi connectivity index (χ1v) is 5.94. The molecule has 1 saturated heterocycles. The fourth-order valence-corrected chi connectivity index (χ4v) is 2.42. The van der Waals surface area contributed by atoms with Gasteiger partial charge in [-0.05, 0) is 41.8 Å². The molecule has 0 spiro atoms. The first kappa shape index (κ1) is 10.9. The number of rotatable bonds is 3. The van der Waals surface area contributed by atoms with E-state index < -0.39 is 0 Å². The molecule has 0 saturated carbocycles. The van der Waals surface area contributed by atoms with E-state index in [1.165, 1.54) is 0 Å². The van der Waals surface area contributed by atoms with Crippen LogP contribution in [0.5, 0.6) is 0 Å². The fourth-order valence-electron chi connectivity index (χ4n) is 1.97. The summed E-state index contributed by atoms with van der Waals surface area (Å²) in [7, 11) is 0. The largest absolute Gasteiger partial charge is 0.376 e. The molecule has 1 fully saturated rings. The molecule has 1 aromatic rings.